The molecule has 4 amide bonds. The fourth-order valence-electron chi connectivity index (χ4n) is 1.69. The molecular weight excluding hydrogens is 296 g/mol. The molecule has 0 unspecified atom stereocenters. The monoisotopic (exact) mass is 314 g/mol. The topological polar surface area (TPSA) is 111 Å². The van der Waals surface area contributed by atoms with Crippen LogP contribution in [0.3, 0.4) is 0 Å². The minimum atomic E-state index is -0.971. The molecule has 0 radical (unpaired) electrons. The third-order valence-electron chi connectivity index (χ3n) is 2.91. The summed E-state index contributed by atoms with van der Waals surface area (Å²) in [4.78, 5) is 33.9. The number of allylic oxidation sites excluding steroid dienone is 1. The van der Waals surface area contributed by atoms with E-state index >= 15 is 0 Å². The Balaban J connectivity index is 2.72. The lowest BCUT2D eigenvalue weighted by Gasteiger charge is -2.10. The molecule has 7 heteroatoms. The van der Waals surface area contributed by atoms with Gasteiger partial charge in [0, 0.05) is 19.2 Å². The van der Waals surface area contributed by atoms with Crippen molar-refractivity contribution in [1.82, 2.24) is 16.0 Å². The van der Waals surface area contributed by atoms with E-state index in [-0.39, 0.29) is 5.57 Å². The zero-order chi connectivity index (χ0) is 17.4. The van der Waals surface area contributed by atoms with Crippen LogP contribution >= 0.6 is 0 Å². The van der Waals surface area contributed by atoms with E-state index in [1.165, 1.54) is 0 Å². The van der Waals surface area contributed by atoms with Gasteiger partial charge in [0.2, 0.25) is 5.91 Å². The largest absolute Gasteiger partial charge is 0.383 e. The number of imide groups is 2. The number of nitriles is 1. The number of carbonyl (C=O) groups excluding carboxylic acids is 3. The summed E-state index contributed by atoms with van der Waals surface area (Å²) in [6.45, 7) is 5.12. The second-order valence-corrected chi connectivity index (χ2v) is 4.92. The average molecular weight is 314 g/mol. The SMILES string of the molecule is CC(=O)NC(=O)NC(=O)C(C#N)=C(C)NCc1ccc(C)cc1. The molecule has 0 heterocycles. The Morgan fingerprint density at radius 2 is 1.70 bits per heavy atom. The molecule has 7 nitrogen and oxygen atoms in total. The summed E-state index contributed by atoms with van der Waals surface area (Å²) in [6, 6.07) is 8.56. The molecule has 0 saturated carbocycles. The van der Waals surface area contributed by atoms with Crippen LogP contribution in [0.15, 0.2) is 35.5 Å². The summed E-state index contributed by atoms with van der Waals surface area (Å²) in [7, 11) is 0. The lowest BCUT2D eigenvalue weighted by Crippen LogP contribution is -2.42. The van der Waals surface area contributed by atoms with Crippen molar-refractivity contribution in [2.75, 3.05) is 0 Å². The average Bonchev–Trinajstić information content (AvgIpc) is 2.46. The smallest absolute Gasteiger partial charge is 0.328 e. The van der Waals surface area contributed by atoms with Crippen LogP contribution < -0.4 is 16.0 Å². The Morgan fingerprint density at radius 3 is 2.22 bits per heavy atom. The number of aryl methyl sites for hydroxylation is 1. The van der Waals surface area contributed by atoms with Gasteiger partial charge in [0.1, 0.15) is 11.6 Å². The zero-order valence-electron chi connectivity index (χ0n) is 13.2. The molecule has 1 aromatic rings. The van der Waals surface area contributed by atoms with E-state index in [9.17, 15) is 14.4 Å². The summed E-state index contributed by atoms with van der Waals surface area (Å²) in [5, 5.41) is 15.9. The van der Waals surface area contributed by atoms with Crippen LogP contribution in [-0.4, -0.2) is 17.8 Å². The Labute approximate surface area is 134 Å². The summed E-state index contributed by atoms with van der Waals surface area (Å²) in [6.07, 6.45) is 0. The maximum Gasteiger partial charge on any atom is 0.328 e. The molecule has 0 aromatic heterocycles. The minimum Gasteiger partial charge on any atom is -0.383 e. The van der Waals surface area contributed by atoms with E-state index in [0.29, 0.717) is 12.2 Å². The molecule has 0 bridgehead atoms. The van der Waals surface area contributed by atoms with Crippen LogP contribution in [0.25, 0.3) is 0 Å². The molecule has 0 aliphatic carbocycles. The summed E-state index contributed by atoms with van der Waals surface area (Å²) >= 11 is 0. The quantitative estimate of drug-likeness (QED) is 0.572. The van der Waals surface area contributed by atoms with Gasteiger partial charge >= 0.3 is 6.03 Å². The maximum absolute atomic E-state index is 11.9. The third kappa shape index (κ3) is 6.01. The van der Waals surface area contributed by atoms with Gasteiger partial charge in [-0.25, -0.2) is 4.79 Å². The van der Waals surface area contributed by atoms with Gasteiger partial charge < -0.3 is 5.32 Å². The standard InChI is InChI=1S/C16H18N4O3/c1-10-4-6-13(7-5-10)9-18-11(2)14(8-17)15(22)20-16(23)19-12(3)21/h4-7,18H,9H2,1-3H3,(H2,19,20,21,22,23). The van der Waals surface area contributed by atoms with E-state index in [0.717, 1.165) is 18.1 Å². The first-order valence-electron chi connectivity index (χ1n) is 6.86. The van der Waals surface area contributed by atoms with Gasteiger partial charge in [0.15, 0.2) is 0 Å². The minimum absolute atomic E-state index is 0.226. The number of nitrogens with zero attached hydrogens (tertiary/aromatic N) is 1. The highest BCUT2D eigenvalue weighted by Crippen LogP contribution is 2.05. The molecule has 0 saturated heterocycles. The van der Waals surface area contributed by atoms with Crippen molar-refractivity contribution < 1.29 is 14.4 Å². The van der Waals surface area contributed by atoms with Crippen molar-refractivity contribution in [3.05, 3.63) is 46.7 Å². The number of nitrogens with one attached hydrogen (secondary N) is 3. The fourth-order valence-corrected chi connectivity index (χ4v) is 1.69. The van der Waals surface area contributed by atoms with Gasteiger partial charge in [-0.15, -0.1) is 0 Å². The fraction of sp³-hybridized carbons (Fsp3) is 0.250. The molecular formula is C16H18N4O3. The van der Waals surface area contributed by atoms with Crippen LogP contribution in [0.4, 0.5) is 4.79 Å². The molecule has 23 heavy (non-hydrogen) atoms. The second-order valence-electron chi connectivity index (χ2n) is 4.92. The molecule has 0 atom stereocenters. The molecule has 0 aliphatic rings. The predicted octanol–water partition coefficient (Wildman–Crippen LogP) is 1.25. The normalized spacial score (nSPS) is 10.9. The van der Waals surface area contributed by atoms with E-state index in [2.05, 4.69) is 5.32 Å². The lowest BCUT2D eigenvalue weighted by atomic mass is 10.1. The Hall–Kier alpha value is -3.14. The van der Waals surface area contributed by atoms with E-state index in [1.54, 1.807) is 13.0 Å². The van der Waals surface area contributed by atoms with E-state index in [1.807, 2.05) is 41.8 Å². The number of hydrogen-bond donors (Lipinski definition) is 3. The molecule has 1 aromatic carbocycles. The van der Waals surface area contributed by atoms with Crippen molar-refractivity contribution in [3.8, 4) is 6.07 Å². The first-order chi connectivity index (χ1) is 10.8. The van der Waals surface area contributed by atoms with Gasteiger partial charge in [-0.3, -0.25) is 20.2 Å². The van der Waals surface area contributed by atoms with Crippen LogP contribution in [0, 0.1) is 18.3 Å². The highest BCUT2D eigenvalue weighted by atomic mass is 16.2. The molecule has 0 spiro atoms. The molecule has 3 N–H and O–H groups in total. The van der Waals surface area contributed by atoms with Crippen molar-refractivity contribution in [1.29, 1.82) is 5.26 Å². The predicted molar refractivity (Wildman–Crippen MR) is 83.7 cm³/mol. The first kappa shape index (κ1) is 17.9. The Kier molecular flexibility index (Phi) is 6.49. The lowest BCUT2D eigenvalue weighted by molar-refractivity contribution is -0.118. The molecule has 1 rings (SSSR count). The van der Waals surface area contributed by atoms with Gasteiger partial charge in [-0.1, -0.05) is 29.8 Å². The maximum atomic E-state index is 11.9. The molecule has 0 aliphatic heterocycles. The van der Waals surface area contributed by atoms with Gasteiger partial charge in [-0.2, -0.15) is 5.26 Å². The van der Waals surface area contributed by atoms with Crippen molar-refractivity contribution in [2.24, 2.45) is 0 Å². The molecule has 0 fully saturated rings. The third-order valence-corrected chi connectivity index (χ3v) is 2.91. The van der Waals surface area contributed by atoms with Crippen LogP contribution in [0.2, 0.25) is 0 Å². The number of carbonyl (C=O) groups is 3. The number of amides is 4. The number of benzene rings is 1. The Morgan fingerprint density at radius 1 is 1.09 bits per heavy atom. The second kappa shape index (κ2) is 8.34. The summed E-state index contributed by atoms with van der Waals surface area (Å²) in [5.41, 5.74) is 2.23. The van der Waals surface area contributed by atoms with Gasteiger partial charge in [0.25, 0.3) is 5.91 Å². The van der Waals surface area contributed by atoms with Crippen LogP contribution in [0.1, 0.15) is 25.0 Å². The number of urea groups is 1. The van der Waals surface area contributed by atoms with Crippen LogP contribution in [-0.2, 0) is 16.1 Å². The summed E-state index contributed by atoms with van der Waals surface area (Å²) < 4.78 is 0. The Bertz CT molecular complexity index is 684. The van der Waals surface area contributed by atoms with Crippen LogP contribution in [0.5, 0.6) is 0 Å². The van der Waals surface area contributed by atoms with Gasteiger partial charge in [0.05, 0.1) is 0 Å². The van der Waals surface area contributed by atoms with Crippen molar-refractivity contribution >= 4 is 17.8 Å². The van der Waals surface area contributed by atoms with Crippen molar-refractivity contribution in [2.45, 2.75) is 27.3 Å². The zero-order valence-corrected chi connectivity index (χ0v) is 13.2. The highest BCUT2D eigenvalue weighted by molar-refractivity contribution is 6.09. The summed E-state index contributed by atoms with van der Waals surface area (Å²) in [5.74, 6) is -1.48. The molecule has 120 valence electrons. The first-order valence-corrected chi connectivity index (χ1v) is 6.86. The van der Waals surface area contributed by atoms with E-state index < -0.39 is 17.8 Å². The van der Waals surface area contributed by atoms with E-state index in [4.69, 9.17) is 5.26 Å². The van der Waals surface area contributed by atoms with Gasteiger partial charge in [-0.05, 0) is 19.4 Å². The number of hydrogen-bond acceptors (Lipinski definition) is 5. The number of rotatable bonds is 4. The highest BCUT2D eigenvalue weighted by Gasteiger charge is 2.16. The van der Waals surface area contributed by atoms with Crippen molar-refractivity contribution in [3.63, 3.8) is 0 Å².